The number of hydrogen-bond acceptors (Lipinski definition) is 7. The fourth-order valence-electron chi connectivity index (χ4n) is 4.32. The molecular formula is C17H22N2O6. The van der Waals surface area contributed by atoms with Gasteiger partial charge in [0.25, 0.3) is 0 Å². The van der Waals surface area contributed by atoms with Gasteiger partial charge in [-0.3, -0.25) is 9.59 Å². The highest BCUT2D eigenvalue weighted by atomic mass is 16.6. The molecule has 0 aromatic rings. The Kier molecular flexibility index (Phi) is 3.90. The number of nitrogens with two attached hydrogens (primary N) is 1. The summed E-state index contributed by atoms with van der Waals surface area (Å²) < 4.78 is 16.2. The molecular weight excluding hydrogens is 328 g/mol. The number of ether oxygens (including phenoxy) is 3. The summed E-state index contributed by atoms with van der Waals surface area (Å²) >= 11 is 0. The molecule has 0 unspecified atom stereocenters. The van der Waals surface area contributed by atoms with Gasteiger partial charge in [-0.05, 0) is 12.8 Å². The number of carbonyl (C=O) groups excluding carboxylic acids is 3. The van der Waals surface area contributed by atoms with Gasteiger partial charge in [0.2, 0.25) is 11.6 Å². The van der Waals surface area contributed by atoms with Crippen molar-refractivity contribution in [2.45, 2.75) is 32.6 Å². The molecule has 0 saturated carbocycles. The molecule has 0 aromatic heterocycles. The van der Waals surface area contributed by atoms with E-state index in [0.717, 1.165) is 0 Å². The first-order valence-corrected chi connectivity index (χ1v) is 8.09. The zero-order valence-electron chi connectivity index (χ0n) is 14.9. The van der Waals surface area contributed by atoms with Gasteiger partial charge < -0.3 is 24.8 Å². The third-order valence-electron chi connectivity index (χ3n) is 5.67. The van der Waals surface area contributed by atoms with Crippen molar-refractivity contribution < 1.29 is 28.6 Å². The first-order chi connectivity index (χ1) is 11.7. The second kappa shape index (κ2) is 5.59. The van der Waals surface area contributed by atoms with Crippen LogP contribution in [0.5, 0.6) is 0 Å². The molecule has 2 aliphatic heterocycles. The molecule has 1 saturated heterocycles. The summed E-state index contributed by atoms with van der Waals surface area (Å²) in [6, 6.07) is 0. The highest BCUT2D eigenvalue weighted by Gasteiger charge is 2.67. The number of allylic oxidation sites excluding steroid dienone is 2. The second-order valence-electron chi connectivity index (χ2n) is 6.73. The van der Waals surface area contributed by atoms with Crippen molar-refractivity contribution in [1.82, 2.24) is 4.90 Å². The van der Waals surface area contributed by atoms with Crippen molar-refractivity contribution in [1.29, 1.82) is 0 Å². The largest absolute Gasteiger partial charge is 0.492 e. The van der Waals surface area contributed by atoms with Crippen LogP contribution in [0.1, 0.15) is 20.8 Å². The molecule has 8 nitrogen and oxygen atoms in total. The van der Waals surface area contributed by atoms with Crippen LogP contribution < -0.4 is 5.73 Å². The number of fused-ring (bicyclic) bond motifs is 2. The number of methoxy groups -OCH3 is 2. The lowest BCUT2D eigenvalue weighted by atomic mass is 9.83. The minimum absolute atomic E-state index is 0.0463. The number of amides is 1. The van der Waals surface area contributed by atoms with Gasteiger partial charge in [-0.1, -0.05) is 13.8 Å². The maximum atomic E-state index is 13.0. The normalized spacial score (nSPS) is 34.4. The van der Waals surface area contributed by atoms with E-state index in [2.05, 4.69) is 0 Å². The third kappa shape index (κ3) is 2.00. The Morgan fingerprint density at radius 1 is 1.24 bits per heavy atom. The number of hydrogen-bond donors (Lipinski definition) is 1. The van der Waals surface area contributed by atoms with Crippen LogP contribution >= 0.6 is 0 Å². The Hall–Kier alpha value is -2.35. The summed E-state index contributed by atoms with van der Waals surface area (Å²) in [5.41, 5.74) is 4.62. The van der Waals surface area contributed by atoms with Crippen molar-refractivity contribution in [2.75, 3.05) is 20.8 Å². The Labute approximate surface area is 145 Å². The predicted molar refractivity (Wildman–Crippen MR) is 86.0 cm³/mol. The number of ketones is 2. The lowest BCUT2D eigenvalue weighted by Crippen LogP contribution is -2.55. The number of rotatable bonds is 3. The second-order valence-corrected chi connectivity index (χ2v) is 6.73. The third-order valence-corrected chi connectivity index (χ3v) is 5.67. The van der Waals surface area contributed by atoms with Gasteiger partial charge in [0.1, 0.15) is 0 Å². The van der Waals surface area contributed by atoms with Gasteiger partial charge in [-0.2, -0.15) is 0 Å². The van der Waals surface area contributed by atoms with E-state index >= 15 is 0 Å². The van der Waals surface area contributed by atoms with Crippen LogP contribution in [0.2, 0.25) is 0 Å². The Bertz CT molecular complexity index is 739. The van der Waals surface area contributed by atoms with Crippen molar-refractivity contribution >= 4 is 17.7 Å². The van der Waals surface area contributed by atoms with Crippen LogP contribution in [0.15, 0.2) is 22.6 Å². The number of Topliss-reactive ketones (excluding diaryl/α,β-unsaturated/α-hetero) is 2. The van der Waals surface area contributed by atoms with Gasteiger partial charge >= 0.3 is 6.09 Å². The van der Waals surface area contributed by atoms with E-state index in [9.17, 15) is 14.4 Å². The predicted octanol–water partition coefficient (Wildman–Crippen LogP) is 0.721. The molecule has 0 spiro atoms. The van der Waals surface area contributed by atoms with Gasteiger partial charge in [0, 0.05) is 25.1 Å². The average molecular weight is 350 g/mol. The fraction of sp³-hybridized carbons (Fsp3) is 0.588. The molecule has 2 heterocycles. The van der Waals surface area contributed by atoms with Crippen LogP contribution in [0.3, 0.4) is 0 Å². The molecule has 8 heteroatoms. The van der Waals surface area contributed by atoms with Crippen LogP contribution in [0.4, 0.5) is 4.79 Å². The number of carbonyl (C=O) groups is 3. The highest BCUT2D eigenvalue weighted by molar-refractivity contribution is 6.25. The van der Waals surface area contributed by atoms with Crippen LogP contribution in [-0.4, -0.2) is 55.2 Å². The van der Waals surface area contributed by atoms with E-state index in [1.54, 1.807) is 11.8 Å². The van der Waals surface area contributed by atoms with E-state index in [4.69, 9.17) is 19.9 Å². The maximum absolute atomic E-state index is 13.0. The molecule has 25 heavy (non-hydrogen) atoms. The van der Waals surface area contributed by atoms with E-state index in [-0.39, 0.29) is 40.2 Å². The minimum Gasteiger partial charge on any atom is -0.492 e. The SMILES string of the molecule is COC1=C(C)C(=O)C2=C(C1=O)[C@@H](OC(N)=O)[C@@]1(OC)[C@@H](C)[C@@H](C)CN21. The molecule has 4 atom stereocenters. The quantitative estimate of drug-likeness (QED) is 0.747. The van der Waals surface area contributed by atoms with Gasteiger partial charge in [-0.25, -0.2) is 4.79 Å². The average Bonchev–Trinajstić information content (AvgIpc) is 2.96. The smallest absolute Gasteiger partial charge is 0.405 e. The van der Waals surface area contributed by atoms with E-state index in [1.165, 1.54) is 14.2 Å². The lowest BCUT2D eigenvalue weighted by Gasteiger charge is -2.40. The molecule has 3 rings (SSSR count). The first-order valence-electron chi connectivity index (χ1n) is 8.09. The monoisotopic (exact) mass is 350 g/mol. The summed E-state index contributed by atoms with van der Waals surface area (Å²) in [7, 11) is 2.80. The van der Waals surface area contributed by atoms with Crippen LogP contribution in [-0.2, 0) is 23.8 Å². The first kappa shape index (κ1) is 17.5. The highest BCUT2D eigenvalue weighted by Crippen LogP contribution is 2.54. The molecule has 136 valence electrons. The lowest BCUT2D eigenvalue weighted by molar-refractivity contribution is -0.168. The molecule has 2 N–H and O–H groups in total. The Morgan fingerprint density at radius 3 is 2.40 bits per heavy atom. The Morgan fingerprint density at radius 2 is 1.88 bits per heavy atom. The van der Waals surface area contributed by atoms with E-state index in [0.29, 0.717) is 6.54 Å². The molecule has 3 aliphatic rings. The molecule has 0 radical (unpaired) electrons. The Balaban J connectivity index is 2.24. The fourth-order valence-corrected chi connectivity index (χ4v) is 4.32. The molecule has 0 bridgehead atoms. The van der Waals surface area contributed by atoms with Crippen LogP contribution in [0, 0.1) is 11.8 Å². The minimum atomic E-state index is -1.14. The van der Waals surface area contributed by atoms with Crippen molar-refractivity contribution in [3.8, 4) is 0 Å². The molecule has 1 amide bonds. The molecule has 1 fully saturated rings. The topological polar surface area (TPSA) is 108 Å². The zero-order valence-corrected chi connectivity index (χ0v) is 14.9. The standard InChI is InChI=1S/C17H22N2O6/c1-7-6-19-11-10(13(21)14(23-4)8(2)12(11)20)15(25-16(18)22)17(19,24-5)9(7)3/h7,9,15H,6H2,1-5H3,(H2,18,22)/t7-,9-,15+,17-/m0/s1. The van der Waals surface area contributed by atoms with E-state index < -0.39 is 23.7 Å². The molecule has 1 aliphatic carbocycles. The van der Waals surface area contributed by atoms with Crippen LogP contribution in [0.25, 0.3) is 0 Å². The van der Waals surface area contributed by atoms with Gasteiger partial charge in [0.15, 0.2) is 17.6 Å². The summed E-state index contributed by atoms with van der Waals surface area (Å²) in [4.78, 5) is 39.2. The summed E-state index contributed by atoms with van der Waals surface area (Å²) in [5.74, 6) is -0.811. The summed E-state index contributed by atoms with van der Waals surface area (Å²) in [6.45, 7) is 6.00. The van der Waals surface area contributed by atoms with Crippen molar-refractivity contribution in [2.24, 2.45) is 17.6 Å². The van der Waals surface area contributed by atoms with Crippen molar-refractivity contribution in [3.63, 3.8) is 0 Å². The van der Waals surface area contributed by atoms with Gasteiger partial charge in [0.05, 0.1) is 18.4 Å². The van der Waals surface area contributed by atoms with Crippen molar-refractivity contribution in [3.05, 3.63) is 22.6 Å². The summed E-state index contributed by atoms with van der Waals surface area (Å²) in [5, 5.41) is 0. The number of nitrogens with zero attached hydrogens (tertiary/aromatic N) is 1. The molecule has 0 aromatic carbocycles. The van der Waals surface area contributed by atoms with Gasteiger partial charge in [-0.15, -0.1) is 0 Å². The van der Waals surface area contributed by atoms with E-state index in [1.807, 2.05) is 13.8 Å². The number of primary amides is 1. The zero-order chi connectivity index (χ0) is 18.7. The maximum Gasteiger partial charge on any atom is 0.405 e. The summed E-state index contributed by atoms with van der Waals surface area (Å²) in [6.07, 6.45) is -2.13.